The lowest BCUT2D eigenvalue weighted by atomic mass is 10.0. The van der Waals surface area contributed by atoms with Crippen molar-refractivity contribution in [3.8, 4) is 11.1 Å². The Bertz CT molecular complexity index is 558. The fourth-order valence-corrected chi connectivity index (χ4v) is 1.68. The minimum absolute atomic E-state index is 0.0805. The third kappa shape index (κ3) is 2.26. The van der Waals surface area contributed by atoms with Gasteiger partial charge in [0, 0.05) is 23.8 Å². The molecule has 0 atom stereocenters. The van der Waals surface area contributed by atoms with Crippen molar-refractivity contribution < 1.29 is 17.6 Å². The van der Waals surface area contributed by atoms with Crippen LogP contribution in [0, 0.1) is 29.3 Å². The first-order valence-corrected chi connectivity index (χ1v) is 4.89. The van der Waals surface area contributed by atoms with Crippen LogP contribution in [0.2, 0.25) is 5.02 Å². The Morgan fingerprint density at radius 1 is 0.941 bits per heavy atom. The molecule has 0 amide bonds. The molecule has 0 saturated heterocycles. The van der Waals surface area contributed by atoms with E-state index in [1.165, 1.54) is 0 Å². The van der Waals surface area contributed by atoms with E-state index in [4.69, 9.17) is 11.6 Å². The van der Waals surface area contributed by atoms with Crippen LogP contribution in [0.5, 0.6) is 0 Å². The Morgan fingerprint density at radius 2 is 1.53 bits per heavy atom. The van der Waals surface area contributed by atoms with Gasteiger partial charge >= 0.3 is 0 Å². The highest BCUT2D eigenvalue weighted by Gasteiger charge is 2.16. The van der Waals surface area contributed by atoms with E-state index in [-0.39, 0.29) is 10.6 Å². The van der Waals surface area contributed by atoms with Gasteiger partial charge in [0.1, 0.15) is 23.3 Å². The van der Waals surface area contributed by atoms with Crippen molar-refractivity contribution in [1.82, 2.24) is 0 Å². The maximum absolute atomic E-state index is 13.4. The maximum atomic E-state index is 13.4. The van der Waals surface area contributed by atoms with Crippen molar-refractivity contribution in [3.05, 3.63) is 58.6 Å². The van der Waals surface area contributed by atoms with E-state index < -0.39 is 28.8 Å². The SMILES string of the molecule is Fc1[c]c(Cl)c(-c2c(F)cc(F)cc2F)cc1. The normalized spacial score (nSPS) is 10.6. The van der Waals surface area contributed by atoms with Gasteiger partial charge in [0.05, 0.1) is 10.6 Å². The molecule has 0 aliphatic rings. The van der Waals surface area contributed by atoms with E-state index in [0.29, 0.717) is 12.1 Å². The van der Waals surface area contributed by atoms with Crippen molar-refractivity contribution in [1.29, 1.82) is 0 Å². The Morgan fingerprint density at radius 3 is 2.06 bits per heavy atom. The summed E-state index contributed by atoms with van der Waals surface area (Å²) in [5, 5.41) is -0.269. The van der Waals surface area contributed by atoms with Crippen molar-refractivity contribution in [2.45, 2.75) is 0 Å². The van der Waals surface area contributed by atoms with Crippen LogP contribution in [0.15, 0.2) is 24.3 Å². The van der Waals surface area contributed by atoms with Gasteiger partial charge < -0.3 is 0 Å². The second-order valence-corrected chi connectivity index (χ2v) is 3.66. The van der Waals surface area contributed by atoms with Crippen molar-refractivity contribution >= 4 is 11.6 Å². The maximum Gasteiger partial charge on any atom is 0.136 e. The lowest BCUT2D eigenvalue weighted by Crippen LogP contribution is -1.93. The molecule has 0 unspecified atom stereocenters. The molecule has 0 N–H and O–H groups in total. The lowest BCUT2D eigenvalue weighted by Gasteiger charge is -2.07. The molecule has 2 aromatic carbocycles. The van der Waals surface area contributed by atoms with Crippen LogP contribution >= 0.6 is 11.6 Å². The summed E-state index contributed by atoms with van der Waals surface area (Å²) in [7, 11) is 0. The average Bonchev–Trinajstić information content (AvgIpc) is 2.19. The summed E-state index contributed by atoms with van der Waals surface area (Å²) in [4.78, 5) is 0. The summed E-state index contributed by atoms with van der Waals surface area (Å²) in [5.74, 6) is -4.00. The van der Waals surface area contributed by atoms with Gasteiger partial charge in [-0.05, 0) is 12.1 Å². The van der Waals surface area contributed by atoms with Crippen molar-refractivity contribution in [3.63, 3.8) is 0 Å². The second-order valence-electron chi connectivity index (χ2n) is 3.28. The van der Waals surface area contributed by atoms with Crippen LogP contribution in [0.3, 0.4) is 0 Å². The van der Waals surface area contributed by atoms with Gasteiger partial charge in [0.15, 0.2) is 0 Å². The molecular weight excluding hydrogens is 256 g/mol. The minimum Gasteiger partial charge on any atom is -0.207 e. The largest absolute Gasteiger partial charge is 0.207 e. The Labute approximate surface area is 99.5 Å². The van der Waals surface area contributed by atoms with Gasteiger partial charge in [-0.15, -0.1) is 0 Å². The van der Waals surface area contributed by atoms with E-state index in [0.717, 1.165) is 12.1 Å². The van der Waals surface area contributed by atoms with Crippen LogP contribution < -0.4 is 0 Å². The molecule has 0 saturated carbocycles. The molecule has 0 aromatic heterocycles. The first-order chi connectivity index (χ1) is 7.99. The Hall–Kier alpha value is -1.55. The van der Waals surface area contributed by atoms with Crippen molar-refractivity contribution in [2.75, 3.05) is 0 Å². The lowest BCUT2D eigenvalue weighted by molar-refractivity contribution is 0.548. The highest BCUT2D eigenvalue weighted by molar-refractivity contribution is 6.33. The number of hydrogen-bond donors (Lipinski definition) is 0. The number of halogens is 5. The molecule has 87 valence electrons. The summed E-state index contributed by atoms with van der Waals surface area (Å²) >= 11 is 5.63. The molecule has 2 aromatic rings. The zero-order valence-corrected chi connectivity index (χ0v) is 8.96. The molecule has 1 radical (unpaired) electrons. The third-order valence-corrected chi connectivity index (χ3v) is 2.44. The van der Waals surface area contributed by atoms with Crippen LogP contribution in [-0.2, 0) is 0 Å². The quantitative estimate of drug-likeness (QED) is 0.668. The fraction of sp³-hybridized carbons (Fsp3) is 0. The highest BCUT2D eigenvalue weighted by atomic mass is 35.5. The number of benzene rings is 2. The van der Waals surface area contributed by atoms with Crippen LogP contribution in [-0.4, -0.2) is 0 Å². The molecule has 0 nitrogen and oxygen atoms in total. The van der Waals surface area contributed by atoms with Crippen LogP contribution in [0.25, 0.3) is 11.1 Å². The van der Waals surface area contributed by atoms with E-state index >= 15 is 0 Å². The number of rotatable bonds is 1. The summed E-state index contributed by atoms with van der Waals surface area (Å²) in [6.45, 7) is 0. The summed E-state index contributed by atoms with van der Waals surface area (Å²) < 4.78 is 52.3. The molecule has 0 heterocycles. The van der Waals surface area contributed by atoms with E-state index in [1.54, 1.807) is 0 Å². The smallest absolute Gasteiger partial charge is 0.136 e. The average molecular weight is 260 g/mol. The van der Waals surface area contributed by atoms with E-state index in [1.807, 2.05) is 0 Å². The molecule has 0 aliphatic heterocycles. The third-order valence-electron chi connectivity index (χ3n) is 2.14. The van der Waals surface area contributed by atoms with Gasteiger partial charge in [-0.2, -0.15) is 0 Å². The van der Waals surface area contributed by atoms with Crippen LogP contribution in [0.4, 0.5) is 17.6 Å². The van der Waals surface area contributed by atoms with E-state index in [9.17, 15) is 17.6 Å². The molecular formula is C12H4ClF4. The zero-order valence-electron chi connectivity index (χ0n) is 8.20. The minimum atomic E-state index is -1.11. The topological polar surface area (TPSA) is 0 Å². The van der Waals surface area contributed by atoms with Crippen molar-refractivity contribution in [2.24, 2.45) is 0 Å². The molecule has 0 spiro atoms. The molecule has 17 heavy (non-hydrogen) atoms. The predicted octanol–water partition coefficient (Wildman–Crippen LogP) is 4.36. The summed E-state index contributed by atoms with van der Waals surface area (Å²) in [5.41, 5.74) is -0.587. The Kier molecular flexibility index (Phi) is 3.07. The molecule has 5 heteroatoms. The monoisotopic (exact) mass is 259 g/mol. The van der Waals surface area contributed by atoms with Gasteiger partial charge in [-0.1, -0.05) is 11.6 Å². The van der Waals surface area contributed by atoms with Crippen LogP contribution in [0.1, 0.15) is 0 Å². The summed E-state index contributed by atoms with van der Waals surface area (Å²) in [6, 6.07) is 5.20. The predicted molar refractivity (Wildman–Crippen MR) is 55.6 cm³/mol. The Balaban J connectivity index is 2.68. The molecule has 2 rings (SSSR count). The molecule has 0 bridgehead atoms. The molecule has 0 fully saturated rings. The van der Waals surface area contributed by atoms with E-state index in [2.05, 4.69) is 6.07 Å². The highest BCUT2D eigenvalue weighted by Crippen LogP contribution is 2.32. The standard InChI is InChI=1S/C12H4ClF4/c13-9-3-6(14)1-2-8(9)12-10(16)4-7(15)5-11(12)17/h1-2,4-5H. The van der Waals surface area contributed by atoms with Gasteiger partial charge in [-0.3, -0.25) is 0 Å². The van der Waals surface area contributed by atoms with Gasteiger partial charge in [-0.25, -0.2) is 17.6 Å². The van der Waals surface area contributed by atoms with Gasteiger partial charge in [0.25, 0.3) is 0 Å². The summed E-state index contributed by atoms with van der Waals surface area (Å²) in [6.07, 6.45) is 0. The second kappa shape index (κ2) is 4.37. The fourth-order valence-electron chi connectivity index (χ4n) is 1.44. The zero-order chi connectivity index (χ0) is 12.6. The number of hydrogen-bond acceptors (Lipinski definition) is 0. The first kappa shape index (κ1) is 11.9. The first-order valence-electron chi connectivity index (χ1n) is 4.51. The van der Waals surface area contributed by atoms with Gasteiger partial charge in [0.2, 0.25) is 0 Å². The molecule has 0 aliphatic carbocycles.